The first-order chi connectivity index (χ1) is 10.4. The quantitative estimate of drug-likeness (QED) is 0.846. The summed E-state index contributed by atoms with van der Waals surface area (Å²) in [4.78, 5) is 4.16. The molecule has 0 spiro atoms. The molecule has 1 N–H and O–H groups in total. The highest BCUT2D eigenvalue weighted by Gasteiger charge is 2.25. The molecule has 0 aliphatic heterocycles. The van der Waals surface area contributed by atoms with Crippen molar-refractivity contribution in [3.63, 3.8) is 0 Å². The maximum absolute atomic E-state index is 4.16. The van der Waals surface area contributed by atoms with E-state index in [0.29, 0.717) is 0 Å². The van der Waals surface area contributed by atoms with Crippen LogP contribution in [0, 0.1) is 0 Å². The molecule has 0 saturated heterocycles. The normalized spacial score (nSPS) is 16.4. The second kappa shape index (κ2) is 6.86. The summed E-state index contributed by atoms with van der Waals surface area (Å²) in [5.41, 5.74) is 4.29. The summed E-state index contributed by atoms with van der Waals surface area (Å²) >= 11 is 0. The maximum atomic E-state index is 4.16. The van der Waals surface area contributed by atoms with Gasteiger partial charge in [0.15, 0.2) is 0 Å². The molecular weight excluding hydrogens is 256 g/mol. The molecule has 1 heterocycles. The molecule has 1 aliphatic rings. The van der Waals surface area contributed by atoms with Crippen LogP contribution in [0.1, 0.15) is 61.3 Å². The molecule has 1 aromatic heterocycles. The minimum absolute atomic E-state index is 0.282. The predicted octanol–water partition coefficient (Wildman–Crippen LogP) is 4.44. The van der Waals surface area contributed by atoms with E-state index in [4.69, 9.17) is 0 Å². The molecule has 1 unspecified atom stereocenters. The third-order valence-corrected chi connectivity index (χ3v) is 4.49. The number of benzene rings is 1. The van der Waals surface area contributed by atoms with E-state index in [9.17, 15) is 0 Å². The lowest BCUT2D eigenvalue weighted by Crippen LogP contribution is -2.25. The predicted molar refractivity (Wildman–Crippen MR) is 87.4 cm³/mol. The average molecular weight is 280 g/mol. The Labute approximate surface area is 127 Å². The van der Waals surface area contributed by atoms with Gasteiger partial charge in [0.2, 0.25) is 0 Å². The van der Waals surface area contributed by atoms with Gasteiger partial charge in [-0.25, -0.2) is 0 Å². The largest absolute Gasteiger partial charge is 0.306 e. The molecule has 21 heavy (non-hydrogen) atoms. The van der Waals surface area contributed by atoms with Crippen LogP contribution in [0.4, 0.5) is 0 Å². The fourth-order valence-electron chi connectivity index (χ4n) is 3.12. The topological polar surface area (TPSA) is 24.9 Å². The smallest absolute Gasteiger partial charge is 0.0580 e. The first-order valence-corrected chi connectivity index (χ1v) is 8.12. The van der Waals surface area contributed by atoms with Crippen LogP contribution in [0.25, 0.3) is 0 Å². The first-order valence-electron chi connectivity index (χ1n) is 8.12. The summed E-state index contributed by atoms with van der Waals surface area (Å²) in [6.45, 7) is 3.25. The molecular formula is C19H24N2. The molecule has 1 aromatic carbocycles. The second-order valence-corrected chi connectivity index (χ2v) is 5.92. The fourth-order valence-corrected chi connectivity index (χ4v) is 3.12. The minimum Gasteiger partial charge on any atom is -0.306 e. The van der Waals surface area contributed by atoms with Gasteiger partial charge >= 0.3 is 0 Å². The molecule has 110 valence electrons. The van der Waals surface area contributed by atoms with Crippen molar-refractivity contribution in [2.24, 2.45) is 0 Å². The van der Waals surface area contributed by atoms with Gasteiger partial charge in [-0.3, -0.25) is 4.98 Å². The summed E-state index contributed by atoms with van der Waals surface area (Å²) in [5.74, 6) is 0.758. The minimum atomic E-state index is 0.282. The number of nitrogens with zero attached hydrogens (tertiary/aromatic N) is 1. The van der Waals surface area contributed by atoms with E-state index >= 15 is 0 Å². The summed E-state index contributed by atoms with van der Waals surface area (Å²) in [6.07, 6.45) is 8.99. The van der Waals surface area contributed by atoms with Crippen LogP contribution in [-0.2, 0) is 0 Å². The maximum Gasteiger partial charge on any atom is 0.0580 e. The van der Waals surface area contributed by atoms with Gasteiger partial charge in [0.25, 0.3) is 0 Å². The lowest BCUT2D eigenvalue weighted by molar-refractivity contribution is 0.414. The highest BCUT2D eigenvalue weighted by Crippen LogP contribution is 2.40. The number of nitrogens with one attached hydrogen (secondary N) is 1. The Morgan fingerprint density at radius 2 is 1.90 bits per heavy atom. The monoisotopic (exact) mass is 280 g/mol. The van der Waals surface area contributed by atoms with Gasteiger partial charge in [0.05, 0.1) is 6.04 Å². The number of hydrogen-bond donors (Lipinski definition) is 1. The van der Waals surface area contributed by atoms with Crippen molar-refractivity contribution in [3.8, 4) is 0 Å². The highest BCUT2D eigenvalue weighted by atomic mass is 14.9. The molecule has 1 fully saturated rings. The van der Waals surface area contributed by atoms with E-state index in [2.05, 4.69) is 53.6 Å². The van der Waals surface area contributed by atoms with Crippen molar-refractivity contribution in [1.82, 2.24) is 10.3 Å². The summed E-state index contributed by atoms with van der Waals surface area (Å²) in [5, 5.41) is 3.72. The second-order valence-electron chi connectivity index (χ2n) is 5.92. The van der Waals surface area contributed by atoms with Crippen molar-refractivity contribution in [3.05, 3.63) is 65.5 Å². The number of rotatable bonds is 6. The van der Waals surface area contributed by atoms with Gasteiger partial charge in [-0.1, -0.05) is 37.6 Å². The zero-order chi connectivity index (χ0) is 14.5. The molecule has 2 nitrogen and oxygen atoms in total. The first kappa shape index (κ1) is 14.3. The Bertz CT molecular complexity index is 561. The lowest BCUT2D eigenvalue weighted by atomic mass is 9.76. The van der Waals surface area contributed by atoms with Crippen LogP contribution in [-0.4, -0.2) is 11.5 Å². The van der Waals surface area contributed by atoms with E-state index in [-0.39, 0.29) is 6.04 Å². The molecule has 0 amide bonds. The van der Waals surface area contributed by atoms with Gasteiger partial charge in [-0.2, -0.15) is 0 Å². The van der Waals surface area contributed by atoms with Crippen molar-refractivity contribution < 1.29 is 0 Å². The average Bonchev–Trinajstić information content (AvgIpc) is 2.48. The third-order valence-electron chi connectivity index (χ3n) is 4.49. The van der Waals surface area contributed by atoms with Crippen molar-refractivity contribution in [1.29, 1.82) is 0 Å². The third kappa shape index (κ3) is 3.16. The summed E-state index contributed by atoms with van der Waals surface area (Å²) < 4.78 is 0. The fraction of sp³-hybridized carbons (Fsp3) is 0.421. The number of aromatic nitrogens is 1. The Kier molecular flexibility index (Phi) is 4.66. The zero-order valence-corrected chi connectivity index (χ0v) is 12.8. The van der Waals surface area contributed by atoms with E-state index in [0.717, 1.165) is 18.9 Å². The Balaban J connectivity index is 1.96. The van der Waals surface area contributed by atoms with E-state index in [1.807, 2.05) is 12.4 Å². The van der Waals surface area contributed by atoms with E-state index < -0.39 is 0 Å². The van der Waals surface area contributed by atoms with E-state index in [1.54, 1.807) is 0 Å². The number of hydrogen-bond acceptors (Lipinski definition) is 2. The zero-order valence-electron chi connectivity index (χ0n) is 12.8. The molecule has 2 aromatic rings. The van der Waals surface area contributed by atoms with Gasteiger partial charge in [0.1, 0.15) is 0 Å². The van der Waals surface area contributed by atoms with E-state index in [1.165, 1.54) is 36.0 Å². The molecule has 1 atom stereocenters. The van der Waals surface area contributed by atoms with Crippen LogP contribution < -0.4 is 5.32 Å². The number of pyridine rings is 1. The molecule has 3 rings (SSSR count). The van der Waals surface area contributed by atoms with Gasteiger partial charge in [0, 0.05) is 12.4 Å². The molecule has 1 saturated carbocycles. The highest BCUT2D eigenvalue weighted by molar-refractivity contribution is 5.39. The van der Waals surface area contributed by atoms with Crippen molar-refractivity contribution >= 4 is 0 Å². The Morgan fingerprint density at radius 1 is 1.14 bits per heavy atom. The van der Waals surface area contributed by atoms with Gasteiger partial charge < -0.3 is 5.32 Å². The van der Waals surface area contributed by atoms with Crippen molar-refractivity contribution in [2.45, 2.75) is 44.6 Å². The van der Waals surface area contributed by atoms with Crippen LogP contribution in [0.2, 0.25) is 0 Å². The van der Waals surface area contributed by atoms with Crippen LogP contribution in [0.15, 0.2) is 48.8 Å². The Morgan fingerprint density at radius 3 is 2.57 bits per heavy atom. The summed E-state index contributed by atoms with van der Waals surface area (Å²) in [7, 11) is 0. The standard InChI is InChI=1S/C19H24N2/c1-2-12-21-19(16-10-13-20-14-11-16)18-9-4-3-8-17(18)15-6-5-7-15/h3-4,8-11,13-15,19,21H,2,5-7,12H2,1H3. The van der Waals surface area contributed by atoms with Gasteiger partial charge in [-0.15, -0.1) is 0 Å². The SMILES string of the molecule is CCCNC(c1ccncc1)c1ccccc1C1CCC1. The van der Waals surface area contributed by atoms with Crippen molar-refractivity contribution in [2.75, 3.05) is 6.54 Å². The molecule has 0 radical (unpaired) electrons. The Hall–Kier alpha value is -1.67. The van der Waals surface area contributed by atoms with Crippen LogP contribution in [0.3, 0.4) is 0 Å². The molecule has 0 bridgehead atoms. The van der Waals surface area contributed by atoms with Crippen LogP contribution in [0.5, 0.6) is 0 Å². The lowest BCUT2D eigenvalue weighted by Gasteiger charge is -2.31. The molecule has 2 heteroatoms. The van der Waals surface area contributed by atoms with Crippen LogP contribution >= 0.6 is 0 Å². The summed E-state index contributed by atoms with van der Waals surface area (Å²) in [6, 6.07) is 13.5. The molecule has 1 aliphatic carbocycles. The van der Waals surface area contributed by atoms with Gasteiger partial charge in [-0.05, 0) is 60.5 Å².